The molecule has 0 aliphatic carbocycles. The second kappa shape index (κ2) is 13.8. The van der Waals surface area contributed by atoms with Crippen LogP contribution in [0.5, 0.6) is 0 Å². The summed E-state index contributed by atoms with van der Waals surface area (Å²) in [5, 5.41) is 12.6. The molecule has 3 fully saturated rings. The number of carbonyl (C=O) groups excluding carboxylic acids is 3. The van der Waals surface area contributed by atoms with Crippen LogP contribution < -0.4 is 4.90 Å². The third-order valence-corrected chi connectivity index (χ3v) is 12.8. The highest BCUT2D eigenvalue weighted by atomic mass is 79.9. The van der Waals surface area contributed by atoms with Crippen LogP contribution in [0.15, 0.2) is 98.1 Å². The molecule has 0 saturated carbocycles. The van der Waals surface area contributed by atoms with Crippen molar-refractivity contribution in [3.8, 4) is 0 Å². The topological polar surface area (TPSA) is 87.2 Å². The number of carbonyl (C=O) groups is 3. The summed E-state index contributed by atoms with van der Waals surface area (Å²) in [6.07, 6.45) is 5.75. The number of esters is 1. The number of hydrogen-bond donors (Lipinski definition) is 1. The quantitative estimate of drug-likeness (QED) is 0.103. The molecule has 0 radical (unpaired) electrons. The van der Waals surface area contributed by atoms with Gasteiger partial charge in [-0.3, -0.25) is 14.4 Å². The predicted molar refractivity (Wildman–Crippen MR) is 187 cm³/mol. The average Bonchev–Trinajstić information content (AvgIpc) is 3.67. The number of aliphatic hydroxyl groups excluding tert-OH is 1. The highest BCUT2D eigenvalue weighted by molar-refractivity contribution is 9.09. The number of rotatable bonds is 13. The van der Waals surface area contributed by atoms with Crippen LogP contribution in [0.3, 0.4) is 0 Å². The van der Waals surface area contributed by atoms with Crippen LogP contribution in [0.25, 0.3) is 10.8 Å². The highest BCUT2D eigenvalue weighted by Gasteiger charge is 2.76. The van der Waals surface area contributed by atoms with Crippen molar-refractivity contribution < 1.29 is 24.2 Å². The molecule has 2 bridgehead atoms. The third kappa shape index (κ3) is 5.71. The smallest absolute Gasteiger partial charge is 0.310 e. The van der Waals surface area contributed by atoms with Crippen LogP contribution in [0.2, 0.25) is 0 Å². The van der Waals surface area contributed by atoms with Gasteiger partial charge in [0.2, 0.25) is 5.91 Å². The largest absolute Gasteiger partial charge is 0.465 e. The van der Waals surface area contributed by atoms with Gasteiger partial charge in [-0.25, -0.2) is 0 Å². The molecule has 2 amide bonds. The van der Waals surface area contributed by atoms with E-state index in [0.29, 0.717) is 24.9 Å². The lowest BCUT2D eigenvalue weighted by Gasteiger charge is -2.40. The standard InChI is InChI=1S/C37H39BrN2O5S/c1-3-5-11-19-45-36(44)30-31-34(42)40(28(23-41)20-24-12-7-6-8-13-24)33(37(31)22-29(38)32(30)46-37)35(43)39(18-4-2)27-17-16-25-14-9-10-15-26(25)21-27/h3-4,6-10,12-17,21,28-33,41H,1-2,5,11,18-20,22-23H2/t28-,29?,30-,31+,32-,33?,37?/m1/s1. The number of benzene rings is 3. The second-order valence-electron chi connectivity index (χ2n) is 12.3. The molecule has 3 saturated heterocycles. The number of fused-ring (bicyclic) bond motifs is 2. The van der Waals surface area contributed by atoms with Crippen molar-refractivity contribution in [1.29, 1.82) is 0 Å². The number of thioether (sulfide) groups is 1. The molecule has 3 aliphatic heterocycles. The van der Waals surface area contributed by atoms with Crippen LogP contribution >= 0.6 is 27.7 Å². The van der Waals surface area contributed by atoms with Crippen molar-refractivity contribution in [3.05, 3.63) is 104 Å². The Bertz CT molecular complexity index is 1630. The van der Waals surface area contributed by atoms with E-state index in [-0.39, 0.29) is 41.6 Å². The molecule has 9 heteroatoms. The lowest BCUT2D eigenvalue weighted by Crippen LogP contribution is -2.58. The minimum Gasteiger partial charge on any atom is -0.465 e. The molecule has 0 aromatic heterocycles. The Morgan fingerprint density at radius 1 is 1.09 bits per heavy atom. The number of allylic oxidation sites excluding steroid dienone is 1. The van der Waals surface area contributed by atoms with Gasteiger partial charge in [0, 0.05) is 22.3 Å². The fourth-order valence-corrected chi connectivity index (χ4v) is 11.2. The maximum atomic E-state index is 15.1. The zero-order valence-corrected chi connectivity index (χ0v) is 28.1. The van der Waals surface area contributed by atoms with E-state index in [2.05, 4.69) is 29.1 Å². The molecular formula is C37H39BrN2O5S. The number of amides is 2. The molecule has 7 nitrogen and oxygen atoms in total. The van der Waals surface area contributed by atoms with E-state index < -0.39 is 34.6 Å². The van der Waals surface area contributed by atoms with Gasteiger partial charge in [0.15, 0.2) is 0 Å². The van der Waals surface area contributed by atoms with E-state index in [1.165, 1.54) is 0 Å². The number of nitrogens with zero attached hydrogens (tertiary/aromatic N) is 2. The minimum atomic E-state index is -0.911. The summed E-state index contributed by atoms with van der Waals surface area (Å²) in [5.74, 6) is -2.37. The Balaban J connectivity index is 1.43. The van der Waals surface area contributed by atoms with Gasteiger partial charge in [0.1, 0.15) is 6.04 Å². The molecule has 1 N–H and O–H groups in total. The summed E-state index contributed by atoms with van der Waals surface area (Å²) < 4.78 is 4.87. The van der Waals surface area contributed by atoms with Crippen molar-refractivity contribution in [2.45, 2.75) is 52.6 Å². The number of unbranched alkanes of at least 4 members (excludes halogenated alkanes) is 1. The van der Waals surface area contributed by atoms with Crippen molar-refractivity contribution in [1.82, 2.24) is 4.90 Å². The van der Waals surface area contributed by atoms with Crippen molar-refractivity contribution in [2.24, 2.45) is 11.8 Å². The molecule has 3 aromatic rings. The van der Waals surface area contributed by atoms with E-state index in [1.807, 2.05) is 72.8 Å². The molecular weight excluding hydrogens is 664 g/mol. The Hall–Kier alpha value is -3.40. The number of halogens is 1. The number of alkyl halides is 1. The maximum Gasteiger partial charge on any atom is 0.310 e. The van der Waals surface area contributed by atoms with Crippen LogP contribution in [0.1, 0.15) is 24.8 Å². The fourth-order valence-electron chi connectivity index (χ4n) is 7.59. The van der Waals surface area contributed by atoms with Crippen molar-refractivity contribution >= 4 is 61.9 Å². The Labute approximate surface area is 282 Å². The Morgan fingerprint density at radius 2 is 1.83 bits per heavy atom. The predicted octanol–water partition coefficient (Wildman–Crippen LogP) is 5.94. The van der Waals surface area contributed by atoms with Crippen LogP contribution in [0, 0.1) is 11.8 Å². The minimum absolute atomic E-state index is 0.0854. The molecule has 3 unspecified atom stereocenters. The van der Waals surface area contributed by atoms with Gasteiger partial charge in [0.25, 0.3) is 5.91 Å². The van der Waals surface area contributed by atoms with Gasteiger partial charge >= 0.3 is 5.97 Å². The summed E-state index contributed by atoms with van der Waals surface area (Å²) in [4.78, 5) is 46.8. The van der Waals surface area contributed by atoms with Crippen LogP contribution in [-0.2, 0) is 25.5 Å². The Morgan fingerprint density at radius 3 is 2.54 bits per heavy atom. The number of likely N-dealkylation sites (tertiary alicyclic amines) is 1. The van der Waals surface area contributed by atoms with Gasteiger partial charge in [-0.1, -0.05) is 88.7 Å². The van der Waals surface area contributed by atoms with Crippen molar-refractivity contribution in [3.63, 3.8) is 0 Å². The maximum absolute atomic E-state index is 15.1. The number of anilines is 1. The summed E-state index contributed by atoms with van der Waals surface area (Å²) >= 11 is 5.40. The summed E-state index contributed by atoms with van der Waals surface area (Å²) in [7, 11) is 0. The monoisotopic (exact) mass is 702 g/mol. The zero-order chi connectivity index (χ0) is 32.4. The zero-order valence-electron chi connectivity index (χ0n) is 25.7. The molecule has 1 spiro atoms. The number of hydrogen-bond acceptors (Lipinski definition) is 6. The normalized spacial score (nSPS) is 27.0. The molecule has 6 rings (SSSR count). The first-order valence-corrected chi connectivity index (χ1v) is 17.6. The third-order valence-electron chi connectivity index (χ3n) is 9.57. The lowest BCUT2D eigenvalue weighted by molar-refractivity contribution is -0.154. The first-order valence-electron chi connectivity index (χ1n) is 15.8. The molecule has 240 valence electrons. The van der Waals surface area contributed by atoms with Gasteiger partial charge in [0.05, 0.1) is 35.8 Å². The van der Waals surface area contributed by atoms with Crippen molar-refractivity contribution in [2.75, 3.05) is 24.7 Å². The van der Waals surface area contributed by atoms with E-state index in [1.54, 1.807) is 33.7 Å². The molecule has 3 aromatic carbocycles. The SMILES string of the molecule is C=CCCCOC(=O)[C@H]1[C@@H]2SC3(CC2Br)C(C(=O)N(CC=C)c2ccc4ccccc4c2)N([C@@H](CO)Cc2ccccc2)C(=O)[C@H]13. The van der Waals surface area contributed by atoms with Gasteiger partial charge in [-0.15, -0.1) is 24.9 Å². The van der Waals surface area contributed by atoms with E-state index in [0.717, 1.165) is 22.8 Å². The van der Waals surface area contributed by atoms with E-state index in [4.69, 9.17) is 4.74 Å². The molecule has 3 heterocycles. The van der Waals surface area contributed by atoms with E-state index >= 15 is 4.79 Å². The summed E-state index contributed by atoms with van der Waals surface area (Å²) in [6.45, 7) is 7.84. The molecule has 46 heavy (non-hydrogen) atoms. The van der Waals surface area contributed by atoms with Gasteiger partial charge in [-0.05, 0) is 54.2 Å². The van der Waals surface area contributed by atoms with Crippen LogP contribution in [0.4, 0.5) is 5.69 Å². The fraction of sp³-hybridized carbons (Fsp3) is 0.378. The first kappa shape index (κ1) is 32.5. The van der Waals surface area contributed by atoms with Gasteiger partial charge in [-0.2, -0.15) is 0 Å². The first-order chi connectivity index (χ1) is 22.3. The summed E-state index contributed by atoms with van der Waals surface area (Å²) in [5.41, 5.74) is 1.65. The second-order valence-corrected chi connectivity index (χ2v) is 15.0. The average molecular weight is 704 g/mol. The highest BCUT2D eigenvalue weighted by Crippen LogP contribution is 2.68. The Kier molecular flexibility index (Phi) is 9.73. The summed E-state index contributed by atoms with van der Waals surface area (Å²) in [6, 6.07) is 21.9. The molecule has 3 aliphatic rings. The number of ether oxygens (including phenoxy) is 1. The van der Waals surface area contributed by atoms with Gasteiger partial charge < -0.3 is 19.6 Å². The molecule has 7 atom stereocenters. The van der Waals surface area contributed by atoms with E-state index in [9.17, 15) is 14.7 Å². The number of aliphatic hydroxyl groups is 1. The van der Waals surface area contributed by atoms with Crippen LogP contribution in [-0.4, -0.2) is 74.5 Å². The lowest BCUT2D eigenvalue weighted by atomic mass is 9.71.